The summed E-state index contributed by atoms with van der Waals surface area (Å²) in [6, 6.07) is 5.04. The minimum Gasteiger partial charge on any atom is -0.366 e. The van der Waals surface area contributed by atoms with E-state index >= 15 is 0 Å². The van der Waals surface area contributed by atoms with Gasteiger partial charge in [0.2, 0.25) is 0 Å². The van der Waals surface area contributed by atoms with Crippen molar-refractivity contribution >= 4 is 17.3 Å². The van der Waals surface area contributed by atoms with Crippen LogP contribution < -0.4 is 10.2 Å². The quantitative estimate of drug-likeness (QED) is 0.677. The molecule has 0 aromatic heterocycles. The van der Waals surface area contributed by atoms with E-state index in [1.807, 2.05) is 4.90 Å². The molecule has 1 amide bonds. The molecule has 1 saturated carbocycles. The van der Waals surface area contributed by atoms with Crippen molar-refractivity contribution in [3.05, 3.63) is 33.9 Å². The number of nitrogens with one attached hydrogen (secondary N) is 1. The number of nitro benzene ring substituents is 1. The summed E-state index contributed by atoms with van der Waals surface area (Å²) < 4.78 is 0. The van der Waals surface area contributed by atoms with Gasteiger partial charge in [0.05, 0.1) is 4.92 Å². The van der Waals surface area contributed by atoms with E-state index in [1.54, 1.807) is 12.1 Å². The van der Waals surface area contributed by atoms with Gasteiger partial charge < -0.3 is 10.2 Å². The van der Waals surface area contributed by atoms with Crippen LogP contribution in [-0.4, -0.2) is 30.0 Å². The van der Waals surface area contributed by atoms with E-state index in [2.05, 4.69) is 12.2 Å². The fraction of sp³-hybridized carbons (Fsp3) is 0.611. The number of hydrogen-bond donors (Lipinski definition) is 1. The van der Waals surface area contributed by atoms with Gasteiger partial charge in [-0.05, 0) is 43.7 Å². The summed E-state index contributed by atoms with van der Waals surface area (Å²) in [6.07, 6.45) is 6.42. The average molecular weight is 331 g/mol. The molecule has 1 aliphatic heterocycles. The van der Waals surface area contributed by atoms with Crippen LogP contribution in [0.4, 0.5) is 11.4 Å². The van der Waals surface area contributed by atoms with Crippen LogP contribution in [-0.2, 0) is 0 Å². The summed E-state index contributed by atoms with van der Waals surface area (Å²) in [6.45, 7) is 3.88. The van der Waals surface area contributed by atoms with Crippen LogP contribution in [0.15, 0.2) is 18.2 Å². The lowest BCUT2D eigenvalue weighted by atomic mass is 9.87. The minimum absolute atomic E-state index is 0.0292. The molecule has 0 bridgehead atoms. The number of nitro groups is 1. The highest BCUT2D eigenvalue weighted by Crippen LogP contribution is 2.32. The zero-order valence-electron chi connectivity index (χ0n) is 14.2. The van der Waals surface area contributed by atoms with Gasteiger partial charge in [0.15, 0.2) is 0 Å². The molecule has 2 aliphatic rings. The molecule has 2 atom stereocenters. The van der Waals surface area contributed by atoms with Crippen LogP contribution in [0, 0.1) is 16.0 Å². The molecular weight excluding hydrogens is 306 g/mol. The highest BCUT2D eigenvalue weighted by molar-refractivity contribution is 5.96. The Kier molecular flexibility index (Phi) is 5.02. The Hall–Kier alpha value is -2.11. The van der Waals surface area contributed by atoms with Crippen LogP contribution in [0.3, 0.4) is 0 Å². The Balaban J connectivity index is 1.76. The van der Waals surface area contributed by atoms with Gasteiger partial charge in [-0.3, -0.25) is 14.9 Å². The Morgan fingerprint density at radius 3 is 2.67 bits per heavy atom. The Morgan fingerprint density at radius 1 is 1.25 bits per heavy atom. The fourth-order valence-electron chi connectivity index (χ4n) is 3.87. The first-order chi connectivity index (χ1) is 11.5. The first-order valence-electron chi connectivity index (χ1n) is 8.89. The number of amides is 1. The predicted octanol–water partition coefficient (Wildman–Crippen LogP) is 3.50. The van der Waals surface area contributed by atoms with E-state index in [9.17, 15) is 14.9 Å². The molecule has 2 unspecified atom stereocenters. The molecule has 1 aromatic carbocycles. The molecule has 0 radical (unpaired) electrons. The van der Waals surface area contributed by atoms with Gasteiger partial charge in [-0.25, -0.2) is 0 Å². The predicted molar refractivity (Wildman–Crippen MR) is 93.4 cm³/mol. The van der Waals surface area contributed by atoms with E-state index in [-0.39, 0.29) is 22.6 Å². The molecule has 130 valence electrons. The summed E-state index contributed by atoms with van der Waals surface area (Å²) in [5.74, 6) is 0.418. The zero-order chi connectivity index (χ0) is 17.1. The van der Waals surface area contributed by atoms with Gasteiger partial charge in [0, 0.05) is 30.8 Å². The SMILES string of the molecule is CC1CCCC(NC(=O)c2ccc(N3CCCC3)c([N+](=O)[O-])c2)C1. The van der Waals surface area contributed by atoms with Crippen molar-refractivity contribution < 1.29 is 9.72 Å². The maximum atomic E-state index is 12.5. The molecule has 1 aromatic rings. The average Bonchev–Trinajstić information content (AvgIpc) is 3.08. The van der Waals surface area contributed by atoms with Crippen LogP contribution in [0.1, 0.15) is 55.8 Å². The lowest BCUT2D eigenvalue weighted by molar-refractivity contribution is -0.384. The second-order valence-corrected chi connectivity index (χ2v) is 7.10. The van der Waals surface area contributed by atoms with E-state index in [4.69, 9.17) is 0 Å². The highest BCUT2D eigenvalue weighted by atomic mass is 16.6. The number of benzene rings is 1. The molecule has 6 heteroatoms. The van der Waals surface area contributed by atoms with Gasteiger partial charge in [-0.1, -0.05) is 19.8 Å². The standard InChI is InChI=1S/C18H25N3O3/c1-13-5-4-6-15(11-13)19-18(22)14-7-8-16(17(12-14)21(23)24)20-9-2-3-10-20/h7-8,12-13,15H,2-6,9-11H2,1H3,(H,19,22). The molecule has 2 fully saturated rings. The normalized spacial score (nSPS) is 24.0. The molecule has 3 rings (SSSR count). The van der Waals surface area contributed by atoms with Crippen molar-refractivity contribution in [3.63, 3.8) is 0 Å². The lowest BCUT2D eigenvalue weighted by Gasteiger charge is -2.27. The van der Waals surface area contributed by atoms with E-state index < -0.39 is 0 Å². The van der Waals surface area contributed by atoms with Crippen LogP contribution >= 0.6 is 0 Å². The molecule has 1 aliphatic carbocycles. The second-order valence-electron chi connectivity index (χ2n) is 7.10. The zero-order valence-corrected chi connectivity index (χ0v) is 14.2. The third-order valence-electron chi connectivity index (χ3n) is 5.15. The first kappa shape index (κ1) is 16.7. The van der Waals surface area contributed by atoms with E-state index in [0.717, 1.165) is 45.2 Å². The fourth-order valence-corrected chi connectivity index (χ4v) is 3.87. The van der Waals surface area contributed by atoms with Crippen molar-refractivity contribution in [2.75, 3.05) is 18.0 Å². The largest absolute Gasteiger partial charge is 0.366 e. The Labute approximate surface area is 142 Å². The van der Waals surface area contributed by atoms with Crippen LogP contribution in [0.2, 0.25) is 0 Å². The molecule has 1 heterocycles. The maximum absolute atomic E-state index is 12.5. The van der Waals surface area contributed by atoms with Crippen LogP contribution in [0.5, 0.6) is 0 Å². The van der Waals surface area contributed by atoms with E-state index in [1.165, 1.54) is 12.5 Å². The summed E-state index contributed by atoms with van der Waals surface area (Å²) in [5, 5.41) is 14.5. The number of anilines is 1. The number of carbonyl (C=O) groups is 1. The van der Waals surface area contributed by atoms with Gasteiger partial charge in [0.25, 0.3) is 11.6 Å². The van der Waals surface area contributed by atoms with Crippen molar-refractivity contribution in [2.24, 2.45) is 5.92 Å². The monoisotopic (exact) mass is 331 g/mol. The summed E-state index contributed by atoms with van der Waals surface area (Å²) in [7, 11) is 0. The number of hydrogen-bond acceptors (Lipinski definition) is 4. The second kappa shape index (κ2) is 7.20. The smallest absolute Gasteiger partial charge is 0.293 e. The van der Waals surface area contributed by atoms with Crippen molar-refractivity contribution in [2.45, 2.75) is 51.5 Å². The Morgan fingerprint density at radius 2 is 2.00 bits per heavy atom. The number of nitrogens with zero attached hydrogens (tertiary/aromatic N) is 2. The van der Waals surface area contributed by atoms with E-state index in [0.29, 0.717) is 17.2 Å². The third kappa shape index (κ3) is 3.68. The van der Waals surface area contributed by atoms with Gasteiger partial charge in [-0.15, -0.1) is 0 Å². The van der Waals surface area contributed by atoms with Gasteiger partial charge >= 0.3 is 0 Å². The first-order valence-corrected chi connectivity index (χ1v) is 8.89. The van der Waals surface area contributed by atoms with Gasteiger partial charge in [0.1, 0.15) is 5.69 Å². The third-order valence-corrected chi connectivity index (χ3v) is 5.15. The lowest BCUT2D eigenvalue weighted by Crippen LogP contribution is -2.38. The van der Waals surface area contributed by atoms with Crippen LogP contribution in [0.25, 0.3) is 0 Å². The summed E-state index contributed by atoms with van der Waals surface area (Å²) in [4.78, 5) is 25.6. The number of rotatable bonds is 4. The molecular formula is C18H25N3O3. The molecule has 6 nitrogen and oxygen atoms in total. The van der Waals surface area contributed by atoms with Crippen molar-refractivity contribution in [1.29, 1.82) is 0 Å². The topological polar surface area (TPSA) is 75.5 Å². The maximum Gasteiger partial charge on any atom is 0.293 e. The van der Waals surface area contributed by atoms with Crippen molar-refractivity contribution in [3.8, 4) is 0 Å². The highest BCUT2D eigenvalue weighted by Gasteiger charge is 2.25. The molecule has 0 spiro atoms. The number of carbonyl (C=O) groups excluding carboxylic acids is 1. The summed E-state index contributed by atoms with van der Waals surface area (Å²) >= 11 is 0. The molecule has 1 saturated heterocycles. The summed E-state index contributed by atoms with van der Waals surface area (Å²) in [5.41, 5.74) is 1.03. The van der Waals surface area contributed by atoms with Crippen molar-refractivity contribution in [1.82, 2.24) is 5.32 Å². The van der Waals surface area contributed by atoms with Gasteiger partial charge in [-0.2, -0.15) is 0 Å². The molecule has 24 heavy (non-hydrogen) atoms. The molecule has 1 N–H and O–H groups in total. The minimum atomic E-state index is -0.382. The Bertz CT molecular complexity index is 626.